The Kier molecular flexibility index (Phi) is 6.57. The zero-order chi connectivity index (χ0) is 14.3. The molecule has 3 heteroatoms. The zero-order valence-electron chi connectivity index (χ0n) is 12.1. The number of rotatable bonds is 8. The minimum absolute atomic E-state index is 0.371. The van der Waals surface area contributed by atoms with Crippen LogP contribution in [0.15, 0.2) is 30.3 Å². The van der Waals surface area contributed by atoms with Crippen LogP contribution >= 0.6 is 0 Å². The second kappa shape index (κ2) is 7.95. The quantitative estimate of drug-likeness (QED) is 0.757. The van der Waals surface area contributed by atoms with Gasteiger partial charge in [0.15, 0.2) is 0 Å². The van der Waals surface area contributed by atoms with E-state index < -0.39 is 12.0 Å². The number of carboxylic acids is 1. The number of carboxylic acid groups (broad SMARTS) is 1. The van der Waals surface area contributed by atoms with Gasteiger partial charge >= 0.3 is 5.97 Å². The molecule has 3 nitrogen and oxygen atoms in total. The van der Waals surface area contributed by atoms with Gasteiger partial charge in [-0.3, -0.25) is 4.79 Å². The maximum absolute atomic E-state index is 11.2. The van der Waals surface area contributed by atoms with Crippen molar-refractivity contribution < 1.29 is 9.90 Å². The summed E-state index contributed by atoms with van der Waals surface area (Å²) < 4.78 is 0. The van der Waals surface area contributed by atoms with Crippen LogP contribution in [0.2, 0.25) is 0 Å². The maximum atomic E-state index is 11.2. The van der Waals surface area contributed by atoms with Gasteiger partial charge in [-0.1, -0.05) is 51.1 Å². The second-order valence-electron chi connectivity index (χ2n) is 5.44. The van der Waals surface area contributed by atoms with E-state index in [0.717, 1.165) is 6.42 Å². The van der Waals surface area contributed by atoms with Crippen LogP contribution in [0, 0.1) is 5.92 Å². The maximum Gasteiger partial charge on any atom is 0.320 e. The molecular weight excluding hydrogens is 238 g/mol. The molecule has 2 N–H and O–H groups in total. The van der Waals surface area contributed by atoms with E-state index in [1.54, 1.807) is 0 Å². The van der Waals surface area contributed by atoms with Crippen molar-refractivity contribution in [3.8, 4) is 0 Å². The molecule has 1 aromatic carbocycles. The van der Waals surface area contributed by atoms with Crippen LogP contribution in [-0.2, 0) is 4.79 Å². The Balaban J connectivity index is 2.59. The lowest BCUT2D eigenvalue weighted by molar-refractivity contribution is -0.139. The molecule has 0 fully saturated rings. The third kappa shape index (κ3) is 5.43. The van der Waals surface area contributed by atoms with Crippen molar-refractivity contribution in [1.29, 1.82) is 0 Å². The van der Waals surface area contributed by atoms with E-state index in [0.29, 0.717) is 24.8 Å². The summed E-state index contributed by atoms with van der Waals surface area (Å²) in [7, 11) is 0. The van der Waals surface area contributed by atoms with Crippen molar-refractivity contribution in [1.82, 2.24) is 5.32 Å². The Bertz CT molecular complexity index is 376. The Morgan fingerprint density at radius 1 is 1.26 bits per heavy atom. The minimum Gasteiger partial charge on any atom is -0.480 e. The average Bonchev–Trinajstić information content (AvgIpc) is 2.38. The van der Waals surface area contributed by atoms with Gasteiger partial charge in [-0.15, -0.1) is 0 Å². The lowest BCUT2D eigenvalue weighted by atomic mass is 9.95. The fraction of sp³-hybridized carbons (Fsp3) is 0.562. The van der Waals surface area contributed by atoms with Crippen LogP contribution in [0.3, 0.4) is 0 Å². The van der Waals surface area contributed by atoms with E-state index in [1.165, 1.54) is 5.56 Å². The van der Waals surface area contributed by atoms with Crippen LogP contribution < -0.4 is 5.32 Å². The summed E-state index contributed by atoms with van der Waals surface area (Å²) >= 11 is 0. The molecule has 106 valence electrons. The molecule has 1 aromatic rings. The molecule has 0 heterocycles. The zero-order valence-corrected chi connectivity index (χ0v) is 12.1. The van der Waals surface area contributed by atoms with Crippen LogP contribution in [-0.4, -0.2) is 23.7 Å². The molecule has 0 amide bonds. The molecular formula is C16H25NO2. The van der Waals surface area contributed by atoms with Crippen molar-refractivity contribution in [2.24, 2.45) is 5.92 Å². The Hall–Kier alpha value is -1.35. The SMILES string of the molecule is CCC(CN[C@@H](CC(C)C)C(=O)O)c1ccccc1. The molecule has 0 spiro atoms. The molecule has 0 aliphatic rings. The normalized spacial score (nSPS) is 14.3. The van der Waals surface area contributed by atoms with Gasteiger partial charge in [0.2, 0.25) is 0 Å². The number of carbonyl (C=O) groups is 1. The van der Waals surface area contributed by atoms with Gasteiger partial charge < -0.3 is 10.4 Å². The summed E-state index contributed by atoms with van der Waals surface area (Å²) in [6.45, 7) is 6.94. The Morgan fingerprint density at radius 3 is 2.37 bits per heavy atom. The average molecular weight is 263 g/mol. The standard InChI is InChI=1S/C16H25NO2/c1-4-13(14-8-6-5-7-9-14)11-17-15(16(18)19)10-12(2)3/h5-9,12-13,15,17H,4,10-11H2,1-3H3,(H,18,19)/t13?,15-/m0/s1. The van der Waals surface area contributed by atoms with Gasteiger partial charge in [0.25, 0.3) is 0 Å². The molecule has 0 bridgehead atoms. The van der Waals surface area contributed by atoms with Crippen molar-refractivity contribution in [3.63, 3.8) is 0 Å². The van der Waals surface area contributed by atoms with Crippen LogP contribution in [0.5, 0.6) is 0 Å². The van der Waals surface area contributed by atoms with E-state index in [9.17, 15) is 9.90 Å². The molecule has 0 aromatic heterocycles. The molecule has 0 aliphatic heterocycles. The second-order valence-corrected chi connectivity index (χ2v) is 5.44. The molecule has 1 rings (SSSR count). The summed E-state index contributed by atoms with van der Waals surface area (Å²) in [4.78, 5) is 11.2. The van der Waals surface area contributed by atoms with Gasteiger partial charge in [-0.25, -0.2) is 0 Å². The summed E-state index contributed by atoms with van der Waals surface area (Å²) in [6.07, 6.45) is 1.67. The molecule has 19 heavy (non-hydrogen) atoms. The highest BCUT2D eigenvalue weighted by molar-refractivity contribution is 5.73. The van der Waals surface area contributed by atoms with E-state index in [-0.39, 0.29) is 0 Å². The number of hydrogen-bond donors (Lipinski definition) is 2. The predicted octanol–water partition coefficient (Wildman–Crippen LogP) is 3.27. The highest BCUT2D eigenvalue weighted by Crippen LogP contribution is 2.18. The highest BCUT2D eigenvalue weighted by atomic mass is 16.4. The van der Waals surface area contributed by atoms with Crippen molar-refractivity contribution in [2.45, 2.75) is 45.6 Å². The van der Waals surface area contributed by atoms with Gasteiger partial charge in [-0.2, -0.15) is 0 Å². The molecule has 1 unspecified atom stereocenters. The van der Waals surface area contributed by atoms with Crippen molar-refractivity contribution in [2.75, 3.05) is 6.54 Å². The fourth-order valence-corrected chi connectivity index (χ4v) is 2.25. The van der Waals surface area contributed by atoms with Crippen molar-refractivity contribution >= 4 is 5.97 Å². The summed E-state index contributed by atoms with van der Waals surface area (Å²) in [6, 6.07) is 9.82. The van der Waals surface area contributed by atoms with Gasteiger partial charge in [0, 0.05) is 6.54 Å². The number of aliphatic carboxylic acids is 1. The first-order valence-electron chi connectivity index (χ1n) is 7.05. The first-order valence-corrected chi connectivity index (χ1v) is 7.05. The van der Waals surface area contributed by atoms with Crippen LogP contribution in [0.25, 0.3) is 0 Å². The largest absolute Gasteiger partial charge is 0.480 e. The van der Waals surface area contributed by atoms with Gasteiger partial charge in [-0.05, 0) is 30.2 Å². The van der Waals surface area contributed by atoms with E-state index in [4.69, 9.17) is 0 Å². The molecule has 2 atom stereocenters. The number of nitrogens with one attached hydrogen (secondary N) is 1. The lowest BCUT2D eigenvalue weighted by Crippen LogP contribution is -2.39. The van der Waals surface area contributed by atoms with E-state index in [1.807, 2.05) is 32.0 Å². The highest BCUT2D eigenvalue weighted by Gasteiger charge is 2.20. The smallest absolute Gasteiger partial charge is 0.320 e. The Labute approximate surface area is 116 Å². The van der Waals surface area contributed by atoms with Crippen LogP contribution in [0.1, 0.15) is 45.1 Å². The lowest BCUT2D eigenvalue weighted by Gasteiger charge is -2.21. The molecule has 0 saturated heterocycles. The topological polar surface area (TPSA) is 49.3 Å². The summed E-state index contributed by atoms with van der Waals surface area (Å²) in [5.74, 6) is -0.00257. The van der Waals surface area contributed by atoms with Gasteiger partial charge in [0.1, 0.15) is 6.04 Å². The summed E-state index contributed by atoms with van der Waals surface area (Å²) in [5.41, 5.74) is 1.27. The minimum atomic E-state index is -0.753. The molecule has 0 aliphatic carbocycles. The third-order valence-corrected chi connectivity index (χ3v) is 3.38. The third-order valence-electron chi connectivity index (χ3n) is 3.38. The van der Waals surface area contributed by atoms with E-state index in [2.05, 4.69) is 24.4 Å². The Morgan fingerprint density at radius 2 is 1.89 bits per heavy atom. The number of hydrogen-bond acceptors (Lipinski definition) is 2. The summed E-state index contributed by atoms with van der Waals surface area (Å²) in [5, 5.41) is 12.4. The van der Waals surface area contributed by atoms with Crippen molar-refractivity contribution in [3.05, 3.63) is 35.9 Å². The van der Waals surface area contributed by atoms with Crippen LogP contribution in [0.4, 0.5) is 0 Å². The first-order chi connectivity index (χ1) is 9.04. The fourth-order valence-electron chi connectivity index (χ4n) is 2.25. The van der Waals surface area contributed by atoms with E-state index >= 15 is 0 Å². The molecule has 0 saturated carbocycles. The predicted molar refractivity (Wildman–Crippen MR) is 78.4 cm³/mol. The first kappa shape index (κ1) is 15.7. The van der Waals surface area contributed by atoms with Gasteiger partial charge in [0.05, 0.1) is 0 Å². The molecule has 0 radical (unpaired) electrons. The monoisotopic (exact) mass is 263 g/mol. The number of benzene rings is 1.